The third-order valence-electron chi connectivity index (χ3n) is 9.54. The number of fused-ring (bicyclic) bond motifs is 1. The maximum absolute atomic E-state index is 10.7. The number of hydrogen-bond acceptors (Lipinski definition) is 7. The van der Waals surface area contributed by atoms with E-state index in [1.807, 2.05) is 35.1 Å². The fourth-order valence-corrected chi connectivity index (χ4v) is 7.62. The second kappa shape index (κ2) is 14.3. The van der Waals surface area contributed by atoms with Crippen molar-refractivity contribution in [3.8, 4) is 28.0 Å². The molecule has 0 bridgehead atoms. The highest BCUT2D eigenvalue weighted by Crippen LogP contribution is 2.40. The van der Waals surface area contributed by atoms with Crippen molar-refractivity contribution in [1.29, 1.82) is 0 Å². The van der Waals surface area contributed by atoms with Gasteiger partial charge in [-0.1, -0.05) is 77.8 Å². The number of likely N-dealkylation sites (tertiary alicyclic amines) is 2. The van der Waals surface area contributed by atoms with Crippen molar-refractivity contribution in [3.63, 3.8) is 0 Å². The molecule has 4 aromatic carbocycles. The summed E-state index contributed by atoms with van der Waals surface area (Å²) in [6.07, 6.45) is 3.25. The number of methoxy groups -OCH3 is 1. The molecule has 2 saturated heterocycles. The lowest BCUT2D eigenvalue weighted by Gasteiger charge is -2.19. The number of nitrogens with zero attached hydrogens (tertiary/aromatic N) is 4. The van der Waals surface area contributed by atoms with E-state index < -0.39 is 0 Å². The fraction of sp³-hybridized carbons (Fsp3) is 0.316. The number of benzene rings is 4. The summed E-state index contributed by atoms with van der Waals surface area (Å²) in [6, 6.07) is 24.8. The van der Waals surface area contributed by atoms with E-state index in [0.717, 1.165) is 89.1 Å². The normalized spacial score (nSPS) is 18.5. The molecular weight excluding hydrogens is 647 g/mol. The molecule has 2 fully saturated rings. The van der Waals surface area contributed by atoms with Gasteiger partial charge in [-0.2, -0.15) is 5.10 Å². The molecule has 5 aromatic rings. The largest absolute Gasteiger partial charge is 0.496 e. The molecule has 8 nitrogen and oxygen atoms in total. The van der Waals surface area contributed by atoms with Crippen molar-refractivity contribution in [2.45, 2.75) is 44.7 Å². The minimum Gasteiger partial charge on any atom is -0.496 e. The van der Waals surface area contributed by atoms with Gasteiger partial charge in [0.25, 0.3) is 6.47 Å². The Labute approximate surface area is 290 Å². The molecule has 0 amide bonds. The van der Waals surface area contributed by atoms with E-state index in [2.05, 4.69) is 58.3 Å². The second-order valence-corrected chi connectivity index (χ2v) is 13.5. The molecule has 0 radical (unpaired) electrons. The summed E-state index contributed by atoms with van der Waals surface area (Å²) in [5, 5.41) is 17.1. The van der Waals surface area contributed by atoms with Gasteiger partial charge in [-0.15, -0.1) is 0 Å². The molecule has 0 aliphatic carbocycles. The Bertz CT molecular complexity index is 1930. The van der Waals surface area contributed by atoms with Gasteiger partial charge in [0, 0.05) is 66.4 Å². The fourth-order valence-electron chi connectivity index (χ4n) is 7.03. The molecule has 2 atom stereocenters. The van der Waals surface area contributed by atoms with Crippen LogP contribution >= 0.6 is 23.2 Å². The van der Waals surface area contributed by atoms with Crippen LogP contribution in [0.4, 0.5) is 0 Å². The van der Waals surface area contributed by atoms with Crippen molar-refractivity contribution >= 4 is 40.6 Å². The van der Waals surface area contributed by atoms with Gasteiger partial charge in [0.1, 0.15) is 11.9 Å². The summed E-state index contributed by atoms with van der Waals surface area (Å²) in [4.78, 5) is 15.2. The van der Waals surface area contributed by atoms with E-state index in [9.17, 15) is 9.90 Å². The maximum atomic E-state index is 10.7. The summed E-state index contributed by atoms with van der Waals surface area (Å²) < 4.78 is 12.9. The molecule has 1 aromatic heterocycles. The quantitative estimate of drug-likeness (QED) is 0.149. The summed E-state index contributed by atoms with van der Waals surface area (Å²) in [5.74, 6) is 0.776. The minimum absolute atomic E-state index is 0.0190. The molecule has 1 N–H and O–H groups in total. The average Bonchev–Trinajstić information content (AvgIpc) is 3.83. The Hall–Kier alpha value is -3.92. The molecule has 7 rings (SSSR count). The Balaban J connectivity index is 1.12. The number of halogens is 2. The number of aromatic nitrogens is 2. The van der Waals surface area contributed by atoms with Crippen LogP contribution in [0.3, 0.4) is 0 Å². The molecule has 10 heteroatoms. The zero-order valence-electron chi connectivity index (χ0n) is 26.8. The van der Waals surface area contributed by atoms with Gasteiger partial charge in [-0.25, -0.2) is 0 Å². The summed E-state index contributed by atoms with van der Waals surface area (Å²) in [7, 11) is 1.67. The predicted octanol–water partition coefficient (Wildman–Crippen LogP) is 7.05. The van der Waals surface area contributed by atoms with Crippen LogP contribution in [-0.4, -0.2) is 76.7 Å². The Kier molecular flexibility index (Phi) is 9.71. The van der Waals surface area contributed by atoms with Crippen LogP contribution in [0.1, 0.15) is 29.5 Å². The Morgan fingerprint density at radius 2 is 1.62 bits per heavy atom. The Morgan fingerprint density at radius 3 is 2.40 bits per heavy atom. The van der Waals surface area contributed by atoms with Gasteiger partial charge in [0.15, 0.2) is 0 Å². The third kappa shape index (κ3) is 6.81. The smallest absolute Gasteiger partial charge is 0.293 e. The molecule has 2 aliphatic heterocycles. The van der Waals surface area contributed by atoms with Crippen LogP contribution in [0, 0.1) is 0 Å². The predicted molar refractivity (Wildman–Crippen MR) is 189 cm³/mol. The highest BCUT2D eigenvalue weighted by molar-refractivity contribution is 6.36. The third-order valence-corrected chi connectivity index (χ3v) is 10.3. The van der Waals surface area contributed by atoms with E-state index >= 15 is 0 Å². The van der Waals surface area contributed by atoms with E-state index in [-0.39, 0.29) is 12.2 Å². The number of aliphatic hydroxyl groups excluding tert-OH is 1. The van der Waals surface area contributed by atoms with Gasteiger partial charge in [0.05, 0.1) is 36.5 Å². The number of ether oxygens (including phenoxy) is 2. The van der Waals surface area contributed by atoms with E-state index in [1.165, 1.54) is 5.56 Å². The highest BCUT2D eigenvalue weighted by atomic mass is 35.5. The number of hydrogen-bond donors (Lipinski definition) is 1. The monoisotopic (exact) mass is 684 g/mol. The molecular formula is C38H38Cl2N4O4. The lowest BCUT2D eigenvalue weighted by atomic mass is 9.96. The van der Waals surface area contributed by atoms with Crippen molar-refractivity contribution in [3.05, 3.63) is 106 Å². The van der Waals surface area contributed by atoms with Crippen molar-refractivity contribution in [1.82, 2.24) is 19.6 Å². The van der Waals surface area contributed by atoms with E-state index in [1.54, 1.807) is 7.11 Å². The maximum Gasteiger partial charge on any atom is 0.293 e. The zero-order valence-corrected chi connectivity index (χ0v) is 28.3. The first-order valence-corrected chi connectivity index (χ1v) is 17.1. The van der Waals surface area contributed by atoms with Gasteiger partial charge < -0.3 is 14.6 Å². The van der Waals surface area contributed by atoms with Crippen LogP contribution in [0.5, 0.6) is 5.75 Å². The topological polar surface area (TPSA) is 80.1 Å². The molecule has 0 unspecified atom stereocenters. The molecule has 0 saturated carbocycles. The van der Waals surface area contributed by atoms with Crippen molar-refractivity contribution in [2.24, 2.45) is 0 Å². The van der Waals surface area contributed by atoms with Gasteiger partial charge in [-0.05, 0) is 53.3 Å². The van der Waals surface area contributed by atoms with Crippen LogP contribution < -0.4 is 4.74 Å². The SMILES string of the molecule is COc1cc(Cn2ncc3c(-c4cccc(-c5ccc(CN6CC[C@@H](OC=O)C6)cc5)c4Cl)cccc32)c(Cl)cc1CN1CC[C@@H](O)C1. The molecule has 48 heavy (non-hydrogen) atoms. The number of rotatable bonds is 11. The van der Waals surface area contributed by atoms with Gasteiger partial charge in [0.2, 0.25) is 0 Å². The van der Waals surface area contributed by atoms with Crippen molar-refractivity contribution < 1.29 is 19.4 Å². The number of β-amino-alcohol motifs (C(OH)–C–C–N with tert-alkyl or cyclic N) is 1. The zero-order chi connectivity index (χ0) is 33.2. The highest BCUT2D eigenvalue weighted by Gasteiger charge is 2.24. The standard InChI is InChI=1S/C38H38Cl2N4O4/c1-47-37-17-27(35(39)16-28(37)20-43-14-12-29(46)22-43)21-44-36-7-3-5-32(34(36)18-41-44)33-6-2-4-31(38(33)40)26-10-8-25(9-11-26)19-42-15-13-30(23-42)48-24-45/h2-11,16-18,24,29-30,46H,12-15,19-23H2,1H3/t29-,30-/m1/s1. The minimum atomic E-state index is -0.278. The average molecular weight is 686 g/mol. The Morgan fingerprint density at radius 1 is 0.875 bits per heavy atom. The van der Waals surface area contributed by atoms with Crippen LogP contribution in [0.15, 0.2) is 79.0 Å². The lowest BCUT2D eigenvalue weighted by molar-refractivity contribution is -0.132. The van der Waals surface area contributed by atoms with Crippen LogP contribution in [0.2, 0.25) is 10.0 Å². The summed E-state index contributed by atoms with van der Waals surface area (Å²) in [5.41, 5.74) is 8.06. The number of carbonyl (C=O) groups excluding carboxylic acids is 1. The van der Waals surface area contributed by atoms with Crippen molar-refractivity contribution in [2.75, 3.05) is 33.3 Å². The summed E-state index contributed by atoms with van der Waals surface area (Å²) >= 11 is 14.0. The van der Waals surface area contributed by atoms with Gasteiger partial charge >= 0.3 is 0 Å². The van der Waals surface area contributed by atoms with Crippen LogP contribution in [0.25, 0.3) is 33.2 Å². The molecule has 248 valence electrons. The molecule has 2 aliphatic rings. The molecule has 3 heterocycles. The van der Waals surface area contributed by atoms with E-state index in [0.29, 0.717) is 36.2 Å². The first kappa shape index (κ1) is 32.6. The number of aliphatic hydroxyl groups is 1. The number of carbonyl (C=O) groups is 1. The van der Waals surface area contributed by atoms with Gasteiger partial charge in [-0.3, -0.25) is 19.3 Å². The first-order valence-electron chi connectivity index (χ1n) is 16.3. The first-order chi connectivity index (χ1) is 23.4. The lowest BCUT2D eigenvalue weighted by Crippen LogP contribution is -2.22. The second-order valence-electron chi connectivity index (χ2n) is 12.7. The van der Waals surface area contributed by atoms with E-state index in [4.69, 9.17) is 37.8 Å². The summed E-state index contributed by atoms with van der Waals surface area (Å²) in [6.45, 7) is 5.69. The molecule has 0 spiro atoms. The van der Waals surface area contributed by atoms with Crippen LogP contribution in [-0.2, 0) is 29.2 Å².